The predicted octanol–water partition coefficient (Wildman–Crippen LogP) is 9.35. The van der Waals surface area contributed by atoms with E-state index in [2.05, 4.69) is 0 Å². The summed E-state index contributed by atoms with van der Waals surface area (Å²) < 4.78 is 12.2. The first-order chi connectivity index (χ1) is 25.5. The molecule has 0 saturated carbocycles. The Labute approximate surface area is 306 Å². The Bertz CT molecular complexity index is 2240. The number of non-ortho nitro benzene ring substituents is 1. The maximum absolute atomic E-state index is 14.6. The van der Waals surface area contributed by atoms with Crippen molar-refractivity contribution in [1.29, 1.82) is 0 Å². The number of carbonyl (C=O) groups excluding carboxylic acids is 3. The highest BCUT2D eigenvalue weighted by Crippen LogP contribution is 2.40. The van der Waals surface area contributed by atoms with Gasteiger partial charge in [0, 0.05) is 34.4 Å². The van der Waals surface area contributed by atoms with Crippen LogP contribution in [0.3, 0.4) is 0 Å². The minimum absolute atomic E-state index is 0.146. The number of rotatable bonds is 10. The van der Waals surface area contributed by atoms with Gasteiger partial charge in [-0.3, -0.25) is 19.7 Å². The molecule has 53 heavy (non-hydrogen) atoms. The first kappa shape index (κ1) is 35.9. The molecule has 0 N–H and O–H groups in total. The number of anilines is 1. The van der Waals surface area contributed by atoms with Crippen molar-refractivity contribution in [3.63, 3.8) is 0 Å². The highest BCUT2D eigenvalue weighted by molar-refractivity contribution is 6.27. The molecule has 6 rings (SSSR count). The third kappa shape index (κ3) is 8.34. The van der Waals surface area contributed by atoms with Crippen molar-refractivity contribution in [2.45, 2.75) is 33.0 Å². The summed E-state index contributed by atoms with van der Waals surface area (Å²) in [6.07, 6.45) is 0. The smallest absolute Gasteiger partial charge is 0.343 e. The Morgan fingerprint density at radius 3 is 1.85 bits per heavy atom. The zero-order valence-electron chi connectivity index (χ0n) is 29.3. The van der Waals surface area contributed by atoms with E-state index < -0.39 is 28.3 Å². The molecule has 0 atom stereocenters. The van der Waals surface area contributed by atoms with Crippen LogP contribution < -0.4 is 9.64 Å². The van der Waals surface area contributed by atoms with Gasteiger partial charge in [0.25, 0.3) is 17.5 Å². The standard InChI is InChI=1S/C43H35N3O7/c1-43(2,3)53-42(49)38-35(32-22-15-23-33(26-32)46(50)51)27-36(34-24-13-14-25-37(34)52-28-29-16-7-4-8-17-29)44-39(38)45(40(47)30-18-9-5-10-19-30)41(48)31-20-11-6-12-21-31/h4-27H,28H2,1-3H3. The zero-order chi connectivity index (χ0) is 37.5. The first-order valence-electron chi connectivity index (χ1n) is 16.8. The molecule has 1 aromatic heterocycles. The van der Waals surface area contributed by atoms with Crippen LogP contribution in [0.25, 0.3) is 22.4 Å². The van der Waals surface area contributed by atoms with Gasteiger partial charge < -0.3 is 9.47 Å². The predicted molar refractivity (Wildman–Crippen MR) is 202 cm³/mol. The van der Waals surface area contributed by atoms with Crippen molar-refractivity contribution in [3.05, 3.63) is 178 Å². The Morgan fingerprint density at radius 2 is 1.26 bits per heavy atom. The second kappa shape index (κ2) is 15.5. The number of esters is 1. The number of ether oxygens (including phenoxy) is 2. The SMILES string of the molecule is CC(C)(C)OC(=O)c1c(-c2cccc([N+](=O)[O-])c2)cc(-c2ccccc2OCc2ccccc2)nc1N(C(=O)c1ccccc1)C(=O)c1ccccc1. The van der Waals surface area contributed by atoms with Crippen molar-refractivity contribution in [2.75, 3.05) is 4.90 Å². The van der Waals surface area contributed by atoms with Crippen LogP contribution in [0.4, 0.5) is 11.5 Å². The van der Waals surface area contributed by atoms with Crippen molar-refractivity contribution < 1.29 is 28.8 Å². The topological polar surface area (TPSA) is 129 Å². The van der Waals surface area contributed by atoms with E-state index in [9.17, 15) is 24.5 Å². The number of carbonyl (C=O) groups is 3. The number of hydrogen-bond acceptors (Lipinski definition) is 8. The van der Waals surface area contributed by atoms with Gasteiger partial charge in [0.15, 0.2) is 5.82 Å². The molecule has 0 fully saturated rings. The second-order valence-corrected chi connectivity index (χ2v) is 13.0. The number of pyridine rings is 1. The van der Waals surface area contributed by atoms with E-state index in [1.54, 1.807) is 118 Å². The average molecular weight is 706 g/mol. The fourth-order valence-corrected chi connectivity index (χ4v) is 5.62. The van der Waals surface area contributed by atoms with E-state index in [1.165, 1.54) is 18.2 Å². The number of hydrogen-bond donors (Lipinski definition) is 0. The monoisotopic (exact) mass is 705 g/mol. The number of amides is 2. The van der Waals surface area contributed by atoms with Crippen LogP contribution in [-0.2, 0) is 11.3 Å². The molecule has 6 aromatic rings. The Kier molecular flexibility index (Phi) is 10.5. The van der Waals surface area contributed by atoms with Crippen molar-refractivity contribution in [1.82, 2.24) is 4.98 Å². The molecule has 0 bridgehead atoms. The van der Waals surface area contributed by atoms with E-state index in [-0.39, 0.29) is 51.6 Å². The van der Waals surface area contributed by atoms with E-state index >= 15 is 0 Å². The minimum Gasteiger partial charge on any atom is -0.488 e. The van der Waals surface area contributed by atoms with Crippen molar-refractivity contribution in [2.24, 2.45) is 0 Å². The van der Waals surface area contributed by atoms with Crippen LogP contribution in [-0.4, -0.2) is 33.3 Å². The van der Waals surface area contributed by atoms with Gasteiger partial charge in [-0.25, -0.2) is 14.7 Å². The van der Waals surface area contributed by atoms with Gasteiger partial charge in [-0.1, -0.05) is 91.0 Å². The number of imide groups is 1. The maximum Gasteiger partial charge on any atom is 0.343 e. The molecule has 0 aliphatic heterocycles. The van der Waals surface area contributed by atoms with Gasteiger partial charge in [-0.05, 0) is 74.4 Å². The van der Waals surface area contributed by atoms with E-state index in [0.29, 0.717) is 11.3 Å². The number of nitrogens with zero attached hydrogens (tertiary/aromatic N) is 3. The molecule has 10 nitrogen and oxygen atoms in total. The van der Waals surface area contributed by atoms with Crippen molar-refractivity contribution >= 4 is 29.3 Å². The summed E-state index contributed by atoms with van der Waals surface area (Å²) in [6, 6.07) is 40.3. The Balaban J connectivity index is 1.68. The molecule has 5 aromatic carbocycles. The minimum atomic E-state index is -1.01. The van der Waals surface area contributed by atoms with Gasteiger partial charge in [-0.15, -0.1) is 0 Å². The third-order valence-corrected chi connectivity index (χ3v) is 8.03. The summed E-state index contributed by atoms with van der Waals surface area (Å²) in [6.45, 7) is 5.27. The zero-order valence-corrected chi connectivity index (χ0v) is 29.3. The fraction of sp³-hybridized carbons (Fsp3) is 0.116. The molecule has 0 aliphatic carbocycles. The van der Waals surface area contributed by atoms with Gasteiger partial charge in [0.1, 0.15) is 23.5 Å². The number of benzene rings is 5. The van der Waals surface area contributed by atoms with Gasteiger partial charge >= 0.3 is 5.97 Å². The lowest BCUT2D eigenvalue weighted by Crippen LogP contribution is -2.39. The molecule has 0 saturated heterocycles. The van der Waals surface area contributed by atoms with E-state index in [1.807, 2.05) is 30.3 Å². The molecule has 0 unspecified atom stereocenters. The maximum atomic E-state index is 14.6. The average Bonchev–Trinajstić information content (AvgIpc) is 3.17. The summed E-state index contributed by atoms with van der Waals surface area (Å²) in [4.78, 5) is 60.8. The first-order valence-corrected chi connectivity index (χ1v) is 16.8. The molecule has 10 heteroatoms. The fourth-order valence-electron chi connectivity index (χ4n) is 5.62. The lowest BCUT2D eigenvalue weighted by atomic mass is 9.96. The summed E-state index contributed by atoms with van der Waals surface area (Å²) in [5.74, 6) is -2.30. The normalized spacial score (nSPS) is 11.0. The molecule has 0 spiro atoms. The lowest BCUT2D eigenvalue weighted by molar-refractivity contribution is -0.384. The molecule has 2 amide bonds. The molecule has 0 aliphatic rings. The van der Waals surface area contributed by atoms with Crippen LogP contribution in [0, 0.1) is 10.1 Å². The number of nitro benzene ring substituents is 1. The number of para-hydroxylation sites is 1. The highest BCUT2D eigenvalue weighted by atomic mass is 16.6. The summed E-state index contributed by atoms with van der Waals surface area (Å²) in [7, 11) is 0. The number of aromatic nitrogens is 1. The second-order valence-electron chi connectivity index (χ2n) is 13.0. The molecule has 0 radical (unpaired) electrons. The van der Waals surface area contributed by atoms with Crippen LogP contribution in [0.1, 0.15) is 57.4 Å². The van der Waals surface area contributed by atoms with E-state index in [4.69, 9.17) is 14.5 Å². The van der Waals surface area contributed by atoms with Crippen LogP contribution in [0.15, 0.2) is 146 Å². The van der Waals surface area contributed by atoms with Gasteiger partial charge in [-0.2, -0.15) is 0 Å². The summed E-state index contributed by atoms with van der Waals surface area (Å²) in [5, 5.41) is 12.0. The van der Waals surface area contributed by atoms with Crippen LogP contribution in [0.5, 0.6) is 5.75 Å². The van der Waals surface area contributed by atoms with Crippen LogP contribution in [0.2, 0.25) is 0 Å². The van der Waals surface area contributed by atoms with E-state index in [0.717, 1.165) is 10.5 Å². The Hall–Kier alpha value is -6.94. The quantitative estimate of drug-likeness (QED) is 0.0597. The lowest BCUT2D eigenvalue weighted by Gasteiger charge is -2.27. The van der Waals surface area contributed by atoms with Gasteiger partial charge in [0.2, 0.25) is 0 Å². The summed E-state index contributed by atoms with van der Waals surface area (Å²) in [5.41, 5.74) is 0.853. The molecular formula is C43H35N3O7. The molecule has 1 heterocycles. The Morgan fingerprint density at radius 1 is 0.698 bits per heavy atom. The van der Waals surface area contributed by atoms with Gasteiger partial charge in [0.05, 0.1) is 10.6 Å². The molecule has 264 valence electrons. The van der Waals surface area contributed by atoms with Crippen LogP contribution >= 0.6 is 0 Å². The van der Waals surface area contributed by atoms with Crippen molar-refractivity contribution in [3.8, 4) is 28.1 Å². The largest absolute Gasteiger partial charge is 0.488 e. The third-order valence-electron chi connectivity index (χ3n) is 8.03. The highest BCUT2D eigenvalue weighted by Gasteiger charge is 2.36. The number of nitro groups is 1. The summed E-state index contributed by atoms with van der Waals surface area (Å²) >= 11 is 0. The molecular weight excluding hydrogens is 670 g/mol.